The van der Waals surface area contributed by atoms with Gasteiger partial charge in [0.2, 0.25) is 5.91 Å². The molecule has 0 unspecified atom stereocenters. The Balaban J connectivity index is 0. The molecule has 0 heterocycles. The number of halogens is 1. The van der Waals surface area contributed by atoms with E-state index < -0.39 is 6.04 Å². The maximum Gasteiger partial charge on any atom is 0.236 e. The van der Waals surface area contributed by atoms with Crippen LogP contribution in [0.4, 0.5) is 0 Å². The van der Waals surface area contributed by atoms with Crippen molar-refractivity contribution in [1.82, 2.24) is 10.6 Å². The number of nitrogens with two attached hydrogens (primary N) is 1. The highest BCUT2D eigenvalue weighted by atomic mass is 35.5. The molecule has 0 aliphatic carbocycles. The van der Waals surface area contributed by atoms with E-state index in [0.717, 1.165) is 6.54 Å². The van der Waals surface area contributed by atoms with E-state index in [1.165, 1.54) is 0 Å². The van der Waals surface area contributed by atoms with Crippen molar-refractivity contribution in [3.63, 3.8) is 0 Å². The van der Waals surface area contributed by atoms with Gasteiger partial charge in [0.1, 0.15) is 0 Å². The number of likely N-dealkylation sites (N-methyl/N-ethyl adjacent to an activating group) is 1. The monoisotopic (exact) mass is 181 g/mol. The highest BCUT2D eigenvalue weighted by molar-refractivity contribution is 5.85. The van der Waals surface area contributed by atoms with E-state index in [9.17, 15) is 4.79 Å². The number of rotatable bonds is 4. The van der Waals surface area contributed by atoms with Crippen LogP contribution in [0.3, 0.4) is 0 Å². The molecular weight excluding hydrogens is 166 g/mol. The average Bonchev–Trinajstić information content (AvgIpc) is 1.88. The molecule has 0 aliphatic rings. The van der Waals surface area contributed by atoms with E-state index in [2.05, 4.69) is 10.6 Å². The molecule has 0 aromatic carbocycles. The molecule has 0 aromatic heterocycles. The maximum absolute atomic E-state index is 10.8. The molecule has 4 nitrogen and oxygen atoms in total. The number of hydrogen-bond donors (Lipinski definition) is 3. The fraction of sp³-hybridized carbons (Fsp3) is 0.833. The summed E-state index contributed by atoms with van der Waals surface area (Å²) in [5.41, 5.74) is 5.29. The van der Waals surface area contributed by atoms with E-state index in [4.69, 9.17) is 5.73 Å². The fourth-order valence-corrected chi connectivity index (χ4v) is 0.472. The summed E-state index contributed by atoms with van der Waals surface area (Å²) >= 11 is 0. The Morgan fingerprint density at radius 2 is 2.09 bits per heavy atom. The third kappa shape index (κ3) is 7.58. The first-order chi connectivity index (χ1) is 4.68. The minimum atomic E-state index is -0.406. The predicted molar refractivity (Wildman–Crippen MR) is 47.8 cm³/mol. The highest BCUT2D eigenvalue weighted by Crippen LogP contribution is 1.72. The van der Waals surface area contributed by atoms with Gasteiger partial charge in [-0.15, -0.1) is 12.4 Å². The summed E-state index contributed by atoms with van der Waals surface area (Å²) in [4.78, 5) is 10.8. The van der Waals surface area contributed by atoms with E-state index in [1.54, 1.807) is 6.92 Å². The van der Waals surface area contributed by atoms with Crippen LogP contribution in [-0.4, -0.2) is 32.1 Å². The Bertz CT molecular complexity index is 108. The molecule has 1 atom stereocenters. The second kappa shape index (κ2) is 7.78. The summed E-state index contributed by atoms with van der Waals surface area (Å²) in [6, 6.07) is -0.406. The zero-order valence-electron chi connectivity index (χ0n) is 6.89. The zero-order chi connectivity index (χ0) is 7.98. The van der Waals surface area contributed by atoms with Gasteiger partial charge in [-0.2, -0.15) is 0 Å². The van der Waals surface area contributed by atoms with Gasteiger partial charge in [-0.25, -0.2) is 0 Å². The van der Waals surface area contributed by atoms with Crippen molar-refractivity contribution < 1.29 is 4.79 Å². The van der Waals surface area contributed by atoms with Gasteiger partial charge < -0.3 is 16.4 Å². The third-order valence-electron chi connectivity index (χ3n) is 1.09. The van der Waals surface area contributed by atoms with Crippen LogP contribution in [0, 0.1) is 0 Å². The summed E-state index contributed by atoms with van der Waals surface area (Å²) in [5, 5.41) is 5.56. The molecule has 1 amide bonds. The normalized spacial score (nSPS) is 11.5. The lowest BCUT2D eigenvalue weighted by molar-refractivity contribution is -0.121. The van der Waals surface area contributed by atoms with Crippen molar-refractivity contribution in [3.8, 4) is 0 Å². The number of hydrogen-bond acceptors (Lipinski definition) is 3. The minimum Gasteiger partial charge on any atom is -0.353 e. The Labute approximate surface area is 73.3 Å². The van der Waals surface area contributed by atoms with Crippen LogP contribution >= 0.6 is 12.4 Å². The lowest BCUT2D eigenvalue weighted by atomic mass is 10.3. The molecule has 5 heteroatoms. The SMILES string of the molecule is CNCCNC(=O)[C@H](C)N.Cl. The van der Waals surface area contributed by atoms with Gasteiger partial charge in [0.15, 0.2) is 0 Å². The minimum absolute atomic E-state index is 0. The summed E-state index contributed by atoms with van der Waals surface area (Å²) in [6.07, 6.45) is 0. The smallest absolute Gasteiger partial charge is 0.236 e. The molecule has 4 N–H and O–H groups in total. The lowest BCUT2D eigenvalue weighted by Gasteiger charge is -2.06. The van der Waals surface area contributed by atoms with Gasteiger partial charge in [0.25, 0.3) is 0 Å². The number of amides is 1. The van der Waals surface area contributed by atoms with E-state index >= 15 is 0 Å². The van der Waals surface area contributed by atoms with E-state index in [-0.39, 0.29) is 18.3 Å². The van der Waals surface area contributed by atoms with Crippen molar-refractivity contribution >= 4 is 18.3 Å². The van der Waals surface area contributed by atoms with Gasteiger partial charge >= 0.3 is 0 Å². The molecule has 0 saturated carbocycles. The molecule has 0 spiro atoms. The van der Waals surface area contributed by atoms with Gasteiger partial charge in [0, 0.05) is 13.1 Å². The molecule has 0 radical (unpaired) electrons. The highest BCUT2D eigenvalue weighted by Gasteiger charge is 2.03. The zero-order valence-corrected chi connectivity index (χ0v) is 7.70. The Hall–Kier alpha value is -0.320. The topological polar surface area (TPSA) is 67.1 Å². The van der Waals surface area contributed by atoms with Crippen molar-refractivity contribution in [2.75, 3.05) is 20.1 Å². The van der Waals surface area contributed by atoms with Gasteiger partial charge in [-0.3, -0.25) is 4.79 Å². The predicted octanol–water partition coefficient (Wildman–Crippen LogP) is -0.909. The summed E-state index contributed by atoms with van der Waals surface area (Å²) in [7, 11) is 1.83. The first-order valence-electron chi connectivity index (χ1n) is 3.36. The Kier molecular flexibility index (Phi) is 9.40. The first-order valence-corrected chi connectivity index (χ1v) is 3.36. The number of carbonyl (C=O) groups excluding carboxylic acids is 1. The Morgan fingerprint density at radius 1 is 1.55 bits per heavy atom. The van der Waals surface area contributed by atoms with Crippen LogP contribution in [0.5, 0.6) is 0 Å². The molecule has 0 saturated heterocycles. The second-order valence-corrected chi connectivity index (χ2v) is 2.18. The summed E-state index contributed by atoms with van der Waals surface area (Å²) in [6.45, 7) is 3.07. The van der Waals surface area contributed by atoms with Crippen LogP contribution in [0.25, 0.3) is 0 Å². The van der Waals surface area contributed by atoms with Crippen LogP contribution in [0.2, 0.25) is 0 Å². The van der Waals surface area contributed by atoms with Crippen LogP contribution in [0.1, 0.15) is 6.92 Å². The van der Waals surface area contributed by atoms with Gasteiger partial charge in [-0.1, -0.05) is 0 Å². The van der Waals surface area contributed by atoms with E-state index in [0.29, 0.717) is 6.54 Å². The lowest BCUT2D eigenvalue weighted by Crippen LogP contribution is -2.40. The molecule has 11 heavy (non-hydrogen) atoms. The molecule has 0 fully saturated rings. The van der Waals surface area contributed by atoms with Crippen LogP contribution in [0.15, 0.2) is 0 Å². The molecule has 0 aromatic rings. The molecular formula is C6H16ClN3O. The largest absolute Gasteiger partial charge is 0.353 e. The summed E-state index contributed by atoms with van der Waals surface area (Å²) < 4.78 is 0. The van der Waals surface area contributed by atoms with Crippen molar-refractivity contribution in [2.45, 2.75) is 13.0 Å². The molecule has 0 aliphatic heterocycles. The van der Waals surface area contributed by atoms with Crippen molar-refractivity contribution in [1.29, 1.82) is 0 Å². The Morgan fingerprint density at radius 3 is 2.45 bits per heavy atom. The quantitative estimate of drug-likeness (QED) is 0.492. The second-order valence-electron chi connectivity index (χ2n) is 2.18. The van der Waals surface area contributed by atoms with Crippen molar-refractivity contribution in [2.24, 2.45) is 5.73 Å². The van der Waals surface area contributed by atoms with Gasteiger partial charge in [-0.05, 0) is 14.0 Å². The molecule has 0 bridgehead atoms. The fourth-order valence-electron chi connectivity index (χ4n) is 0.472. The standard InChI is InChI=1S/C6H15N3O.ClH/c1-5(7)6(10)9-4-3-8-2;/h5,8H,3-4,7H2,1-2H3,(H,9,10);1H/t5-;/m0./s1. The summed E-state index contributed by atoms with van der Waals surface area (Å²) in [5.74, 6) is -0.102. The van der Waals surface area contributed by atoms with Crippen molar-refractivity contribution in [3.05, 3.63) is 0 Å². The van der Waals surface area contributed by atoms with Gasteiger partial charge in [0.05, 0.1) is 6.04 Å². The van der Waals surface area contributed by atoms with Crippen LogP contribution < -0.4 is 16.4 Å². The third-order valence-corrected chi connectivity index (χ3v) is 1.09. The number of nitrogens with one attached hydrogen (secondary N) is 2. The molecule has 0 rings (SSSR count). The molecule has 68 valence electrons. The first kappa shape index (κ1) is 13.3. The average molecular weight is 182 g/mol. The maximum atomic E-state index is 10.8. The van der Waals surface area contributed by atoms with Crippen LogP contribution in [-0.2, 0) is 4.79 Å². The van der Waals surface area contributed by atoms with E-state index in [1.807, 2.05) is 7.05 Å². The number of carbonyl (C=O) groups is 1.